The Bertz CT molecular complexity index is 553. The molecule has 0 saturated carbocycles. The molecule has 16 heavy (non-hydrogen) atoms. The topological polar surface area (TPSA) is 43.1 Å². The first-order chi connectivity index (χ1) is 7.61. The third kappa shape index (κ3) is 1.88. The van der Waals surface area contributed by atoms with E-state index in [0.29, 0.717) is 10.0 Å². The SMILES string of the molecule is Nc1c(F)cccc1C(=O)c1cscc1Br. The third-order valence-electron chi connectivity index (χ3n) is 2.16. The minimum atomic E-state index is -0.572. The Balaban J connectivity index is 2.50. The molecule has 0 bridgehead atoms. The van der Waals surface area contributed by atoms with Crippen LogP contribution in [0.5, 0.6) is 0 Å². The van der Waals surface area contributed by atoms with Crippen LogP contribution in [0.3, 0.4) is 0 Å². The lowest BCUT2D eigenvalue weighted by molar-refractivity contribution is 0.103. The van der Waals surface area contributed by atoms with Gasteiger partial charge in [0.05, 0.1) is 5.69 Å². The molecule has 2 aromatic rings. The summed E-state index contributed by atoms with van der Waals surface area (Å²) in [5.41, 5.74) is 6.12. The summed E-state index contributed by atoms with van der Waals surface area (Å²) in [6, 6.07) is 4.22. The van der Waals surface area contributed by atoms with Crippen molar-refractivity contribution in [1.82, 2.24) is 0 Å². The van der Waals surface area contributed by atoms with E-state index >= 15 is 0 Å². The lowest BCUT2D eigenvalue weighted by Crippen LogP contribution is -2.06. The number of thiophene rings is 1. The number of carbonyl (C=O) groups is 1. The van der Waals surface area contributed by atoms with Gasteiger partial charge in [0.25, 0.3) is 0 Å². The van der Waals surface area contributed by atoms with Crippen LogP contribution < -0.4 is 5.73 Å². The molecular formula is C11H7BrFNOS. The van der Waals surface area contributed by atoms with Gasteiger partial charge in [-0.15, -0.1) is 0 Å². The average molecular weight is 300 g/mol. The maximum absolute atomic E-state index is 13.2. The number of carbonyl (C=O) groups excluding carboxylic acids is 1. The first-order valence-corrected chi connectivity index (χ1v) is 6.15. The monoisotopic (exact) mass is 299 g/mol. The summed E-state index contributed by atoms with van der Waals surface area (Å²) >= 11 is 4.66. The highest BCUT2D eigenvalue weighted by molar-refractivity contribution is 9.10. The number of halogens is 2. The first-order valence-electron chi connectivity index (χ1n) is 4.41. The van der Waals surface area contributed by atoms with Crippen LogP contribution in [-0.2, 0) is 0 Å². The molecular weight excluding hydrogens is 293 g/mol. The summed E-state index contributed by atoms with van der Waals surface area (Å²) < 4.78 is 13.9. The number of hydrogen-bond donors (Lipinski definition) is 1. The van der Waals surface area contributed by atoms with Crippen molar-refractivity contribution < 1.29 is 9.18 Å². The van der Waals surface area contributed by atoms with Crippen molar-refractivity contribution in [1.29, 1.82) is 0 Å². The molecule has 1 aromatic carbocycles. The highest BCUT2D eigenvalue weighted by Crippen LogP contribution is 2.26. The smallest absolute Gasteiger partial charge is 0.197 e. The van der Waals surface area contributed by atoms with Gasteiger partial charge in [0.2, 0.25) is 0 Å². The number of nitrogen functional groups attached to an aromatic ring is 1. The maximum atomic E-state index is 13.2. The Labute approximate surface area is 104 Å². The van der Waals surface area contributed by atoms with Crippen molar-refractivity contribution in [2.75, 3.05) is 5.73 Å². The van der Waals surface area contributed by atoms with Gasteiger partial charge in [0.15, 0.2) is 5.78 Å². The summed E-state index contributed by atoms with van der Waals surface area (Å²) in [5, 5.41) is 3.50. The molecule has 0 aliphatic rings. The highest BCUT2D eigenvalue weighted by Gasteiger charge is 2.17. The normalized spacial score (nSPS) is 10.4. The van der Waals surface area contributed by atoms with Gasteiger partial charge < -0.3 is 5.73 Å². The van der Waals surface area contributed by atoms with Gasteiger partial charge in [0, 0.05) is 26.4 Å². The molecule has 1 heterocycles. The van der Waals surface area contributed by atoms with Gasteiger partial charge in [-0.1, -0.05) is 6.07 Å². The van der Waals surface area contributed by atoms with Gasteiger partial charge in [-0.25, -0.2) is 4.39 Å². The fourth-order valence-electron chi connectivity index (χ4n) is 1.32. The highest BCUT2D eigenvalue weighted by atomic mass is 79.9. The molecule has 0 amide bonds. The predicted molar refractivity (Wildman–Crippen MR) is 66.3 cm³/mol. The molecule has 0 fully saturated rings. The van der Waals surface area contributed by atoms with Crippen molar-refractivity contribution >= 4 is 38.7 Å². The van der Waals surface area contributed by atoms with Crippen molar-refractivity contribution in [2.45, 2.75) is 0 Å². The van der Waals surface area contributed by atoms with E-state index in [0.717, 1.165) is 0 Å². The summed E-state index contributed by atoms with van der Waals surface area (Å²) in [5.74, 6) is -0.845. The number of rotatable bonds is 2. The van der Waals surface area contributed by atoms with Crippen molar-refractivity contribution in [3.8, 4) is 0 Å². The van der Waals surface area contributed by atoms with E-state index in [9.17, 15) is 9.18 Å². The van der Waals surface area contributed by atoms with Crippen molar-refractivity contribution in [3.63, 3.8) is 0 Å². The van der Waals surface area contributed by atoms with Gasteiger partial charge in [-0.3, -0.25) is 4.79 Å². The Hall–Kier alpha value is -1.20. The minimum absolute atomic E-state index is 0.106. The second-order valence-electron chi connectivity index (χ2n) is 3.16. The number of hydrogen-bond acceptors (Lipinski definition) is 3. The van der Waals surface area contributed by atoms with Crippen LogP contribution in [0, 0.1) is 5.82 Å². The zero-order valence-corrected chi connectivity index (χ0v) is 10.4. The number of anilines is 1. The number of nitrogens with two attached hydrogens (primary N) is 1. The Kier molecular flexibility index (Phi) is 3.07. The van der Waals surface area contributed by atoms with Crippen LogP contribution in [0.2, 0.25) is 0 Å². The van der Waals surface area contributed by atoms with Crippen LogP contribution in [0.4, 0.5) is 10.1 Å². The van der Waals surface area contributed by atoms with E-state index in [1.165, 1.54) is 29.5 Å². The fourth-order valence-corrected chi connectivity index (χ4v) is 2.78. The second-order valence-corrected chi connectivity index (χ2v) is 4.76. The molecule has 2 rings (SSSR count). The largest absolute Gasteiger partial charge is 0.396 e. The molecule has 0 saturated heterocycles. The molecule has 2 N–H and O–H groups in total. The first kappa shape index (κ1) is 11.3. The number of para-hydroxylation sites is 1. The van der Waals surface area contributed by atoms with Crippen molar-refractivity contribution in [2.24, 2.45) is 0 Å². The van der Waals surface area contributed by atoms with E-state index in [-0.39, 0.29) is 17.0 Å². The fraction of sp³-hybridized carbons (Fsp3) is 0. The van der Waals surface area contributed by atoms with E-state index in [1.54, 1.807) is 10.8 Å². The summed E-state index contributed by atoms with van der Waals surface area (Å²) in [7, 11) is 0. The van der Waals surface area contributed by atoms with Crippen LogP contribution in [0.25, 0.3) is 0 Å². The summed E-state index contributed by atoms with van der Waals surface area (Å²) in [4.78, 5) is 12.0. The van der Waals surface area contributed by atoms with Gasteiger partial charge in [0.1, 0.15) is 5.82 Å². The van der Waals surface area contributed by atoms with E-state index in [1.807, 2.05) is 0 Å². The van der Waals surface area contributed by atoms with Crippen molar-refractivity contribution in [3.05, 3.63) is 50.4 Å². The quantitative estimate of drug-likeness (QED) is 0.682. The Morgan fingerprint density at radius 1 is 1.31 bits per heavy atom. The van der Waals surface area contributed by atoms with Gasteiger partial charge in [-0.05, 0) is 28.1 Å². The van der Waals surface area contributed by atoms with Crippen LogP contribution in [-0.4, -0.2) is 5.78 Å². The van der Waals surface area contributed by atoms with Gasteiger partial charge >= 0.3 is 0 Å². The van der Waals surface area contributed by atoms with E-state index < -0.39 is 5.82 Å². The lowest BCUT2D eigenvalue weighted by Gasteiger charge is -2.04. The third-order valence-corrected chi connectivity index (χ3v) is 3.86. The van der Waals surface area contributed by atoms with E-state index in [4.69, 9.17) is 5.73 Å². The Morgan fingerprint density at radius 2 is 2.06 bits per heavy atom. The molecule has 0 unspecified atom stereocenters. The molecule has 0 atom stereocenters. The van der Waals surface area contributed by atoms with Crippen LogP contribution in [0.15, 0.2) is 33.4 Å². The molecule has 0 radical (unpaired) electrons. The number of ketones is 1. The summed E-state index contributed by atoms with van der Waals surface area (Å²) in [6.45, 7) is 0. The van der Waals surface area contributed by atoms with E-state index in [2.05, 4.69) is 15.9 Å². The summed E-state index contributed by atoms with van der Waals surface area (Å²) in [6.07, 6.45) is 0. The molecule has 2 nitrogen and oxygen atoms in total. The molecule has 0 spiro atoms. The van der Waals surface area contributed by atoms with Crippen LogP contribution in [0.1, 0.15) is 15.9 Å². The lowest BCUT2D eigenvalue weighted by atomic mass is 10.0. The molecule has 0 aliphatic heterocycles. The molecule has 82 valence electrons. The predicted octanol–water partition coefficient (Wildman–Crippen LogP) is 3.46. The average Bonchev–Trinajstić information content (AvgIpc) is 2.68. The minimum Gasteiger partial charge on any atom is -0.396 e. The Morgan fingerprint density at radius 3 is 2.69 bits per heavy atom. The molecule has 0 aliphatic carbocycles. The number of benzene rings is 1. The zero-order valence-electron chi connectivity index (χ0n) is 8.04. The molecule has 1 aromatic heterocycles. The van der Waals surface area contributed by atoms with Crippen LogP contribution >= 0.6 is 27.3 Å². The van der Waals surface area contributed by atoms with Gasteiger partial charge in [-0.2, -0.15) is 11.3 Å². The molecule has 5 heteroatoms. The maximum Gasteiger partial charge on any atom is 0.197 e. The second kappa shape index (κ2) is 4.35. The standard InChI is InChI=1S/C11H7BrFNOS/c12-8-5-16-4-7(8)11(15)6-2-1-3-9(13)10(6)14/h1-5H,14H2. The zero-order chi connectivity index (χ0) is 11.7.